The zero-order chi connectivity index (χ0) is 12.4. The highest BCUT2D eigenvalue weighted by atomic mass is 14.6. The molecule has 17 heavy (non-hydrogen) atoms. The minimum Gasteiger partial charge on any atom is -0.398 e. The van der Waals surface area contributed by atoms with Gasteiger partial charge in [0.2, 0.25) is 0 Å². The Morgan fingerprint density at radius 1 is 1.06 bits per heavy atom. The van der Waals surface area contributed by atoms with Crippen LogP contribution in [-0.4, -0.2) is 6.04 Å². The first-order valence-electron chi connectivity index (χ1n) is 6.67. The molecule has 0 saturated heterocycles. The highest BCUT2D eigenvalue weighted by Crippen LogP contribution is 2.28. The maximum absolute atomic E-state index is 5.99. The van der Waals surface area contributed by atoms with Gasteiger partial charge in [-0.3, -0.25) is 0 Å². The maximum atomic E-state index is 5.99. The molecular weight excluding hydrogens is 208 g/mol. The second-order valence-corrected chi connectivity index (χ2v) is 5.63. The van der Waals surface area contributed by atoms with E-state index in [1.54, 1.807) is 0 Å². The van der Waals surface area contributed by atoms with Gasteiger partial charge < -0.3 is 11.5 Å². The van der Waals surface area contributed by atoms with Crippen LogP contribution in [0.4, 0.5) is 5.69 Å². The molecule has 1 aliphatic carbocycles. The summed E-state index contributed by atoms with van der Waals surface area (Å²) in [5.41, 5.74) is 16.7. The molecule has 0 unspecified atom stereocenters. The van der Waals surface area contributed by atoms with Crippen molar-refractivity contribution < 1.29 is 0 Å². The van der Waals surface area contributed by atoms with Crippen molar-refractivity contribution in [3.05, 3.63) is 28.8 Å². The molecule has 2 rings (SSSR count). The van der Waals surface area contributed by atoms with Crippen molar-refractivity contribution in [2.24, 2.45) is 11.7 Å². The molecule has 0 bridgehead atoms. The van der Waals surface area contributed by atoms with E-state index in [4.69, 9.17) is 11.5 Å². The van der Waals surface area contributed by atoms with E-state index in [1.165, 1.54) is 48.8 Å². The van der Waals surface area contributed by atoms with Crippen molar-refractivity contribution in [3.63, 3.8) is 0 Å². The Morgan fingerprint density at radius 2 is 1.59 bits per heavy atom. The third kappa shape index (κ3) is 3.01. The summed E-state index contributed by atoms with van der Waals surface area (Å²) in [6.45, 7) is 4.20. The van der Waals surface area contributed by atoms with Gasteiger partial charge in [-0.1, -0.05) is 12.1 Å². The second-order valence-electron chi connectivity index (χ2n) is 5.63. The van der Waals surface area contributed by atoms with Gasteiger partial charge in [0.05, 0.1) is 0 Å². The topological polar surface area (TPSA) is 52.0 Å². The van der Waals surface area contributed by atoms with Crippen molar-refractivity contribution in [2.45, 2.75) is 52.0 Å². The Morgan fingerprint density at radius 3 is 2.12 bits per heavy atom. The zero-order valence-corrected chi connectivity index (χ0v) is 11.0. The predicted molar refractivity (Wildman–Crippen MR) is 74.0 cm³/mol. The van der Waals surface area contributed by atoms with E-state index in [1.807, 2.05) is 0 Å². The van der Waals surface area contributed by atoms with Gasteiger partial charge in [-0.25, -0.2) is 0 Å². The quantitative estimate of drug-likeness (QED) is 0.770. The van der Waals surface area contributed by atoms with E-state index in [9.17, 15) is 0 Å². The summed E-state index contributed by atoms with van der Waals surface area (Å²) >= 11 is 0. The summed E-state index contributed by atoms with van der Waals surface area (Å²) < 4.78 is 0. The van der Waals surface area contributed by atoms with Gasteiger partial charge in [0, 0.05) is 11.7 Å². The molecule has 2 heteroatoms. The summed E-state index contributed by atoms with van der Waals surface area (Å²) in [7, 11) is 0. The van der Waals surface area contributed by atoms with Gasteiger partial charge in [-0.2, -0.15) is 0 Å². The summed E-state index contributed by atoms with van der Waals surface area (Å²) in [5.74, 6) is 0.817. The van der Waals surface area contributed by atoms with Crippen LogP contribution in [0.2, 0.25) is 0 Å². The summed E-state index contributed by atoms with van der Waals surface area (Å²) in [6, 6.07) is 4.94. The van der Waals surface area contributed by atoms with E-state index >= 15 is 0 Å². The summed E-state index contributed by atoms with van der Waals surface area (Å²) in [5, 5.41) is 0. The highest BCUT2D eigenvalue weighted by molar-refractivity contribution is 5.54. The van der Waals surface area contributed by atoms with Crippen LogP contribution >= 0.6 is 0 Å². The Bertz CT molecular complexity index is 367. The minimum atomic E-state index is 0.446. The number of nitrogen functional groups attached to an aromatic ring is 1. The lowest BCUT2D eigenvalue weighted by Gasteiger charge is -2.26. The number of anilines is 1. The molecule has 0 spiro atoms. The van der Waals surface area contributed by atoms with Gasteiger partial charge in [-0.05, 0) is 68.6 Å². The van der Waals surface area contributed by atoms with Crippen molar-refractivity contribution >= 4 is 5.69 Å². The van der Waals surface area contributed by atoms with Crippen molar-refractivity contribution in [2.75, 3.05) is 5.73 Å². The molecule has 1 fully saturated rings. The second kappa shape index (κ2) is 5.09. The number of aryl methyl sites for hydroxylation is 2. The minimum absolute atomic E-state index is 0.446. The van der Waals surface area contributed by atoms with Crippen LogP contribution in [0.25, 0.3) is 0 Å². The number of rotatable bonds is 2. The van der Waals surface area contributed by atoms with Crippen molar-refractivity contribution in [1.82, 2.24) is 0 Å². The van der Waals surface area contributed by atoms with E-state index < -0.39 is 0 Å². The number of benzene rings is 1. The highest BCUT2D eigenvalue weighted by Gasteiger charge is 2.19. The van der Waals surface area contributed by atoms with Crippen LogP contribution in [0.3, 0.4) is 0 Å². The van der Waals surface area contributed by atoms with Gasteiger partial charge in [-0.15, -0.1) is 0 Å². The van der Waals surface area contributed by atoms with Crippen LogP contribution in [0, 0.1) is 19.8 Å². The molecule has 0 aliphatic heterocycles. The standard InChI is InChI=1S/C15H24N2/c1-10-7-13(8-11(2)15(10)17)9-12-3-5-14(16)6-4-12/h7-8,12,14H,3-6,9,16-17H2,1-2H3. The van der Waals surface area contributed by atoms with Gasteiger partial charge in [0.25, 0.3) is 0 Å². The molecule has 1 aromatic carbocycles. The molecule has 0 aromatic heterocycles. The Labute approximate surface area is 104 Å². The zero-order valence-electron chi connectivity index (χ0n) is 11.0. The first-order valence-corrected chi connectivity index (χ1v) is 6.67. The lowest BCUT2D eigenvalue weighted by atomic mass is 9.82. The average molecular weight is 232 g/mol. The van der Waals surface area contributed by atoms with Gasteiger partial charge in [0.1, 0.15) is 0 Å². The van der Waals surface area contributed by atoms with Crippen molar-refractivity contribution in [1.29, 1.82) is 0 Å². The third-order valence-electron chi connectivity index (χ3n) is 4.07. The van der Waals surface area contributed by atoms with E-state index in [-0.39, 0.29) is 0 Å². The third-order valence-corrected chi connectivity index (χ3v) is 4.07. The molecule has 1 saturated carbocycles. The largest absolute Gasteiger partial charge is 0.398 e. The molecule has 1 aromatic rings. The fourth-order valence-corrected chi connectivity index (χ4v) is 2.91. The normalized spacial score (nSPS) is 24.9. The van der Waals surface area contributed by atoms with Crippen LogP contribution in [0.15, 0.2) is 12.1 Å². The predicted octanol–water partition coefficient (Wildman–Crippen LogP) is 2.95. The SMILES string of the molecule is Cc1cc(CC2CCC(N)CC2)cc(C)c1N. The van der Waals surface area contributed by atoms with Crippen LogP contribution in [0.1, 0.15) is 42.4 Å². The Hall–Kier alpha value is -1.02. The van der Waals surface area contributed by atoms with E-state index in [0.717, 1.165) is 11.6 Å². The molecular formula is C15H24N2. The van der Waals surface area contributed by atoms with Crippen LogP contribution in [0.5, 0.6) is 0 Å². The van der Waals surface area contributed by atoms with E-state index in [0.29, 0.717) is 6.04 Å². The first-order chi connectivity index (χ1) is 8.06. The van der Waals surface area contributed by atoms with E-state index in [2.05, 4.69) is 26.0 Å². The summed E-state index contributed by atoms with van der Waals surface area (Å²) in [6.07, 6.45) is 6.14. The fraction of sp³-hybridized carbons (Fsp3) is 0.600. The summed E-state index contributed by atoms with van der Waals surface area (Å²) in [4.78, 5) is 0. The number of hydrogen-bond donors (Lipinski definition) is 2. The smallest absolute Gasteiger partial charge is 0.0373 e. The van der Waals surface area contributed by atoms with Gasteiger partial charge in [0.15, 0.2) is 0 Å². The first kappa shape index (κ1) is 12.4. The van der Waals surface area contributed by atoms with Crippen LogP contribution < -0.4 is 11.5 Å². The average Bonchev–Trinajstić information content (AvgIpc) is 2.29. The molecule has 2 nitrogen and oxygen atoms in total. The molecule has 1 aliphatic rings. The molecule has 0 heterocycles. The molecule has 0 atom stereocenters. The number of hydrogen-bond acceptors (Lipinski definition) is 2. The maximum Gasteiger partial charge on any atom is 0.0373 e. The fourth-order valence-electron chi connectivity index (χ4n) is 2.91. The monoisotopic (exact) mass is 232 g/mol. The van der Waals surface area contributed by atoms with Gasteiger partial charge >= 0.3 is 0 Å². The Kier molecular flexibility index (Phi) is 3.72. The molecule has 0 radical (unpaired) electrons. The lowest BCUT2D eigenvalue weighted by Crippen LogP contribution is -2.27. The number of nitrogens with two attached hydrogens (primary N) is 2. The van der Waals surface area contributed by atoms with Crippen molar-refractivity contribution in [3.8, 4) is 0 Å². The lowest BCUT2D eigenvalue weighted by molar-refractivity contribution is 0.325. The molecule has 4 N–H and O–H groups in total. The Balaban J connectivity index is 2.04. The molecule has 94 valence electrons. The molecule has 0 amide bonds. The van der Waals surface area contributed by atoms with Crippen LogP contribution in [-0.2, 0) is 6.42 Å².